The molecule has 0 saturated heterocycles. The minimum atomic E-state index is -0.616. The smallest absolute Gasteiger partial charge is 0.357 e. The Balaban J connectivity index is 1.64. The summed E-state index contributed by atoms with van der Waals surface area (Å²) in [5.41, 5.74) is 1.90. The zero-order chi connectivity index (χ0) is 21.7. The Morgan fingerprint density at radius 2 is 1.77 bits per heavy atom. The van der Waals surface area contributed by atoms with E-state index in [1.807, 2.05) is 44.2 Å². The van der Waals surface area contributed by atoms with Crippen molar-refractivity contribution in [3.05, 3.63) is 47.8 Å². The summed E-state index contributed by atoms with van der Waals surface area (Å²) in [6.07, 6.45) is 2.12. The van der Waals surface area contributed by atoms with Crippen LogP contribution in [-0.4, -0.2) is 70.7 Å². The highest BCUT2D eigenvalue weighted by molar-refractivity contribution is 5.91. The fourth-order valence-corrected chi connectivity index (χ4v) is 3.17. The standard InChI is InChI=1S/C22H28N4O4/c1-4-25(5-2)20(27)14-24(3)21(28)15-30-22(29)19-13-18(16-11-12-16)23-26(19)17-9-7-6-8-10-17/h6-10,13,16H,4-5,11-12,14-15H2,1-3H3. The van der Waals surface area contributed by atoms with Crippen molar-refractivity contribution in [1.29, 1.82) is 0 Å². The van der Waals surface area contributed by atoms with Gasteiger partial charge in [-0.1, -0.05) is 18.2 Å². The van der Waals surface area contributed by atoms with E-state index in [2.05, 4.69) is 5.10 Å². The Hall–Kier alpha value is -3.16. The van der Waals surface area contributed by atoms with Crippen molar-refractivity contribution in [1.82, 2.24) is 19.6 Å². The average Bonchev–Trinajstić information content (AvgIpc) is 3.51. The van der Waals surface area contributed by atoms with E-state index in [-0.39, 0.29) is 18.1 Å². The maximum Gasteiger partial charge on any atom is 0.357 e. The lowest BCUT2D eigenvalue weighted by molar-refractivity contribution is -0.140. The number of carbonyl (C=O) groups excluding carboxylic acids is 3. The second-order valence-corrected chi connectivity index (χ2v) is 7.37. The second kappa shape index (κ2) is 9.56. The van der Waals surface area contributed by atoms with Crippen LogP contribution in [0.25, 0.3) is 5.69 Å². The summed E-state index contributed by atoms with van der Waals surface area (Å²) in [7, 11) is 1.52. The highest BCUT2D eigenvalue weighted by atomic mass is 16.5. The van der Waals surface area contributed by atoms with Crippen LogP contribution in [0.15, 0.2) is 36.4 Å². The molecule has 30 heavy (non-hydrogen) atoms. The number of likely N-dealkylation sites (N-methyl/N-ethyl adjacent to an activating group) is 2. The third-order valence-electron chi connectivity index (χ3n) is 5.17. The van der Waals surface area contributed by atoms with Crippen molar-refractivity contribution in [2.45, 2.75) is 32.6 Å². The molecule has 0 atom stereocenters. The molecular formula is C22H28N4O4. The summed E-state index contributed by atoms with van der Waals surface area (Å²) >= 11 is 0. The summed E-state index contributed by atoms with van der Waals surface area (Å²) in [5, 5.41) is 4.57. The van der Waals surface area contributed by atoms with E-state index in [1.54, 1.807) is 15.6 Å². The molecule has 1 aromatic heterocycles. The number of rotatable bonds is 9. The fourth-order valence-electron chi connectivity index (χ4n) is 3.17. The summed E-state index contributed by atoms with van der Waals surface area (Å²) < 4.78 is 6.83. The lowest BCUT2D eigenvalue weighted by Crippen LogP contribution is -2.42. The van der Waals surface area contributed by atoms with E-state index < -0.39 is 18.5 Å². The molecule has 0 radical (unpaired) electrons. The summed E-state index contributed by atoms with van der Waals surface area (Å²) in [4.78, 5) is 40.2. The van der Waals surface area contributed by atoms with Gasteiger partial charge in [0.1, 0.15) is 0 Å². The van der Waals surface area contributed by atoms with Gasteiger partial charge in [-0.25, -0.2) is 9.48 Å². The van der Waals surface area contributed by atoms with Gasteiger partial charge in [-0.2, -0.15) is 5.10 Å². The molecule has 1 fully saturated rings. The van der Waals surface area contributed by atoms with Gasteiger partial charge in [0.15, 0.2) is 12.3 Å². The molecule has 1 saturated carbocycles. The molecule has 1 aliphatic carbocycles. The number of carbonyl (C=O) groups is 3. The first-order valence-electron chi connectivity index (χ1n) is 10.3. The first-order valence-corrected chi connectivity index (χ1v) is 10.3. The molecule has 0 aliphatic heterocycles. The van der Waals surface area contributed by atoms with Crippen molar-refractivity contribution in [3.63, 3.8) is 0 Å². The summed E-state index contributed by atoms with van der Waals surface area (Å²) in [6, 6.07) is 11.1. The second-order valence-electron chi connectivity index (χ2n) is 7.37. The van der Waals surface area contributed by atoms with Crippen LogP contribution >= 0.6 is 0 Å². The highest BCUT2D eigenvalue weighted by Gasteiger charge is 2.29. The minimum absolute atomic E-state index is 0.0498. The molecule has 0 spiro atoms. The predicted molar refractivity (Wildman–Crippen MR) is 111 cm³/mol. The number of ether oxygens (including phenoxy) is 1. The molecule has 0 bridgehead atoms. The molecule has 2 amide bonds. The minimum Gasteiger partial charge on any atom is -0.451 e. The molecule has 0 N–H and O–H groups in total. The van der Waals surface area contributed by atoms with Crippen LogP contribution in [0.4, 0.5) is 0 Å². The Labute approximate surface area is 176 Å². The normalized spacial score (nSPS) is 13.0. The van der Waals surface area contributed by atoms with E-state index in [1.165, 1.54) is 11.9 Å². The van der Waals surface area contributed by atoms with Crippen molar-refractivity contribution < 1.29 is 19.1 Å². The number of benzene rings is 1. The van der Waals surface area contributed by atoms with Gasteiger partial charge >= 0.3 is 5.97 Å². The van der Waals surface area contributed by atoms with E-state index in [0.717, 1.165) is 24.2 Å². The number of amides is 2. The Morgan fingerprint density at radius 3 is 2.37 bits per heavy atom. The molecule has 3 rings (SSSR count). The lowest BCUT2D eigenvalue weighted by atomic mass is 10.2. The lowest BCUT2D eigenvalue weighted by Gasteiger charge is -2.23. The monoisotopic (exact) mass is 412 g/mol. The van der Waals surface area contributed by atoms with E-state index in [0.29, 0.717) is 19.0 Å². The molecule has 8 heteroatoms. The molecule has 1 aliphatic rings. The van der Waals surface area contributed by atoms with Gasteiger partial charge in [0, 0.05) is 26.1 Å². The van der Waals surface area contributed by atoms with Gasteiger partial charge in [0.25, 0.3) is 5.91 Å². The first-order chi connectivity index (χ1) is 14.4. The number of hydrogen-bond acceptors (Lipinski definition) is 5. The van der Waals surface area contributed by atoms with Gasteiger partial charge in [0.05, 0.1) is 17.9 Å². The van der Waals surface area contributed by atoms with Gasteiger partial charge in [0.2, 0.25) is 5.91 Å². The molecule has 2 aromatic rings. The van der Waals surface area contributed by atoms with Crippen LogP contribution in [0, 0.1) is 0 Å². The zero-order valence-electron chi connectivity index (χ0n) is 17.7. The highest BCUT2D eigenvalue weighted by Crippen LogP contribution is 2.39. The van der Waals surface area contributed by atoms with Gasteiger partial charge in [-0.15, -0.1) is 0 Å². The maximum atomic E-state index is 12.7. The number of hydrogen-bond donors (Lipinski definition) is 0. The van der Waals surface area contributed by atoms with Crippen LogP contribution in [0.3, 0.4) is 0 Å². The largest absolute Gasteiger partial charge is 0.451 e. The quantitative estimate of drug-likeness (QED) is 0.590. The summed E-state index contributed by atoms with van der Waals surface area (Å²) in [6.45, 7) is 4.46. The van der Waals surface area contributed by atoms with Crippen molar-refractivity contribution in [3.8, 4) is 5.69 Å². The van der Waals surface area contributed by atoms with Crippen molar-refractivity contribution in [2.75, 3.05) is 33.3 Å². The number of nitrogens with zero attached hydrogens (tertiary/aromatic N) is 4. The fraction of sp³-hybridized carbons (Fsp3) is 0.455. The van der Waals surface area contributed by atoms with Gasteiger partial charge in [-0.3, -0.25) is 9.59 Å². The molecule has 8 nitrogen and oxygen atoms in total. The molecular weight excluding hydrogens is 384 g/mol. The Morgan fingerprint density at radius 1 is 1.10 bits per heavy atom. The molecule has 160 valence electrons. The Kier molecular flexibility index (Phi) is 6.87. The molecule has 1 heterocycles. The van der Waals surface area contributed by atoms with Crippen LogP contribution in [0.2, 0.25) is 0 Å². The average molecular weight is 412 g/mol. The van der Waals surface area contributed by atoms with Crippen molar-refractivity contribution in [2.24, 2.45) is 0 Å². The van der Waals surface area contributed by atoms with Crippen LogP contribution in [0.1, 0.15) is 48.8 Å². The van der Waals surface area contributed by atoms with Crippen molar-refractivity contribution >= 4 is 17.8 Å². The SMILES string of the molecule is CCN(CC)C(=O)CN(C)C(=O)COC(=O)c1cc(C2CC2)nn1-c1ccccc1. The number of aromatic nitrogens is 2. The van der Waals surface area contributed by atoms with E-state index in [9.17, 15) is 14.4 Å². The third-order valence-corrected chi connectivity index (χ3v) is 5.17. The van der Waals surface area contributed by atoms with E-state index in [4.69, 9.17) is 4.74 Å². The predicted octanol–water partition coefficient (Wildman–Crippen LogP) is 2.23. The van der Waals surface area contributed by atoms with E-state index >= 15 is 0 Å². The van der Waals surface area contributed by atoms with Gasteiger partial charge < -0.3 is 14.5 Å². The molecule has 0 unspecified atom stereocenters. The topological polar surface area (TPSA) is 84.7 Å². The maximum absolute atomic E-state index is 12.7. The first kappa shape index (κ1) is 21.5. The van der Waals surface area contributed by atoms with Crippen LogP contribution in [0.5, 0.6) is 0 Å². The third kappa shape index (κ3) is 5.06. The number of esters is 1. The number of para-hydroxylation sites is 1. The van der Waals surface area contributed by atoms with Crippen LogP contribution < -0.4 is 0 Å². The van der Waals surface area contributed by atoms with Crippen LogP contribution in [-0.2, 0) is 14.3 Å². The van der Waals surface area contributed by atoms with Gasteiger partial charge in [-0.05, 0) is 44.9 Å². The summed E-state index contributed by atoms with van der Waals surface area (Å²) in [5.74, 6) is -0.814. The molecule has 1 aromatic carbocycles. The Bertz CT molecular complexity index is 901. The zero-order valence-corrected chi connectivity index (χ0v) is 17.7.